The fourth-order valence-electron chi connectivity index (χ4n) is 1.59. The van der Waals surface area contributed by atoms with Crippen LogP contribution in [0.3, 0.4) is 0 Å². The smallest absolute Gasteiger partial charge is 0.338 e. The molecule has 0 N–H and O–H groups in total. The molecule has 0 aromatic heterocycles. The summed E-state index contributed by atoms with van der Waals surface area (Å²) in [5.41, 5.74) is 0.588. The van der Waals surface area contributed by atoms with Crippen molar-refractivity contribution >= 4 is 5.97 Å². The van der Waals surface area contributed by atoms with Gasteiger partial charge in [-0.1, -0.05) is 31.5 Å². The second-order valence-electron chi connectivity index (χ2n) is 3.99. The van der Waals surface area contributed by atoms with Gasteiger partial charge in [-0.15, -0.1) is 0 Å². The summed E-state index contributed by atoms with van der Waals surface area (Å²) in [6.07, 6.45) is 2.83. The number of benzene rings is 1. The van der Waals surface area contributed by atoms with Crippen LogP contribution in [0.2, 0.25) is 0 Å². The molecule has 17 heavy (non-hydrogen) atoms. The van der Waals surface area contributed by atoms with Crippen molar-refractivity contribution in [2.24, 2.45) is 0 Å². The third-order valence-electron chi connectivity index (χ3n) is 2.52. The molecule has 3 heteroatoms. The second kappa shape index (κ2) is 7.85. The zero-order valence-corrected chi connectivity index (χ0v) is 10.5. The molecule has 1 unspecified atom stereocenters. The fourth-order valence-corrected chi connectivity index (χ4v) is 1.59. The molecular weight excluding hydrogens is 216 g/mol. The minimum Gasteiger partial charge on any atom is -0.456 e. The maximum atomic E-state index is 11.8. The van der Waals surface area contributed by atoms with Crippen molar-refractivity contribution in [1.29, 1.82) is 0 Å². The summed E-state index contributed by atoms with van der Waals surface area (Å²) in [7, 11) is 1.62. The van der Waals surface area contributed by atoms with Crippen molar-refractivity contribution in [2.45, 2.75) is 32.3 Å². The molecule has 94 valence electrons. The van der Waals surface area contributed by atoms with Crippen LogP contribution in [0, 0.1) is 0 Å². The normalized spacial score (nSPS) is 12.1. The topological polar surface area (TPSA) is 35.5 Å². The summed E-state index contributed by atoms with van der Waals surface area (Å²) >= 11 is 0. The van der Waals surface area contributed by atoms with Gasteiger partial charge in [-0.2, -0.15) is 0 Å². The van der Waals surface area contributed by atoms with Gasteiger partial charge in [-0.3, -0.25) is 0 Å². The minimum absolute atomic E-state index is 0.146. The number of rotatable bonds is 7. The summed E-state index contributed by atoms with van der Waals surface area (Å²) in [6, 6.07) is 9.04. The quantitative estimate of drug-likeness (QED) is 0.682. The number of hydrogen-bond donors (Lipinski definition) is 0. The Morgan fingerprint density at radius 3 is 2.59 bits per heavy atom. The Hall–Kier alpha value is -1.35. The summed E-state index contributed by atoms with van der Waals surface area (Å²) in [6.45, 7) is 2.57. The molecule has 0 amide bonds. The standard InChI is InChI=1S/C14H20O3/c1-3-4-10-13(11-16-2)17-14(15)12-8-6-5-7-9-12/h5-9,13H,3-4,10-11H2,1-2H3. The van der Waals surface area contributed by atoms with Gasteiger partial charge in [0.1, 0.15) is 6.10 Å². The van der Waals surface area contributed by atoms with Crippen molar-refractivity contribution in [2.75, 3.05) is 13.7 Å². The van der Waals surface area contributed by atoms with Crippen LogP contribution in [-0.4, -0.2) is 25.8 Å². The maximum absolute atomic E-state index is 11.8. The lowest BCUT2D eigenvalue weighted by atomic mass is 10.1. The molecule has 0 aliphatic carbocycles. The van der Waals surface area contributed by atoms with Crippen molar-refractivity contribution in [3.8, 4) is 0 Å². The van der Waals surface area contributed by atoms with Crippen LogP contribution in [-0.2, 0) is 9.47 Å². The van der Waals surface area contributed by atoms with Crippen LogP contribution < -0.4 is 0 Å². The minimum atomic E-state index is -0.274. The number of unbranched alkanes of at least 4 members (excludes halogenated alkanes) is 1. The van der Waals surface area contributed by atoms with Gasteiger partial charge in [0.05, 0.1) is 12.2 Å². The van der Waals surface area contributed by atoms with Crippen molar-refractivity contribution in [3.05, 3.63) is 35.9 Å². The second-order valence-corrected chi connectivity index (χ2v) is 3.99. The third kappa shape index (κ3) is 5.00. The molecule has 0 bridgehead atoms. The monoisotopic (exact) mass is 236 g/mol. The van der Waals surface area contributed by atoms with E-state index in [0.29, 0.717) is 12.2 Å². The molecule has 0 saturated carbocycles. The van der Waals surface area contributed by atoms with Crippen LogP contribution in [0.5, 0.6) is 0 Å². The van der Waals surface area contributed by atoms with E-state index in [1.54, 1.807) is 19.2 Å². The fraction of sp³-hybridized carbons (Fsp3) is 0.500. The van der Waals surface area contributed by atoms with Crippen molar-refractivity contribution in [1.82, 2.24) is 0 Å². The van der Waals surface area contributed by atoms with E-state index in [4.69, 9.17) is 9.47 Å². The molecule has 0 heterocycles. The van der Waals surface area contributed by atoms with E-state index in [-0.39, 0.29) is 12.1 Å². The molecule has 0 saturated heterocycles. The predicted octanol–water partition coefficient (Wildman–Crippen LogP) is 3.05. The Kier molecular flexibility index (Phi) is 6.33. The Labute approximate surface area is 103 Å². The Morgan fingerprint density at radius 2 is 2.00 bits per heavy atom. The van der Waals surface area contributed by atoms with E-state index in [2.05, 4.69) is 6.92 Å². The van der Waals surface area contributed by atoms with Crippen LogP contribution in [0.15, 0.2) is 30.3 Å². The van der Waals surface area contributed by atoms with Gasteiger partial charge in [0.25, 0.3) is 0 Å². The zero-order chi connectivity index (χ0) is 12.5. The van der Waals surface area contributed by atoms with Crippen molar-refractivity contribution < 1.29 is 14.3 Å². The SMILES string of the molecule is CCCCC(COC)OC(=O)c1ccccc1. The average molecular weight is 236 g/mol. The van der Waals surface area contributed by atoms with E-state index in [1.165, 1.54) is 0 Å². The average Bonchev–Trinajstić information content (AvgIpc) is 2.37. The molecule has 3 nitrogen and oxygen atoms in total. The molecule has 1 atom stereocenters. The Morgan fingerprint density at radius 1 is 1.29 bits per heavy atom. The number of carbonyl (C=O) groups excluding carboxylic acids is 1. The summed E-state index contributed by atoms with van der Waals surface area (Å²) in [5, 5.41) is 0. The Balaban J connectivity index is 2.51. The van der Waals surface area contributed by atoms with Crippen LogP contribution in [0.1, 0.15) is 36.5 Å². The molecule has 1 aromatic carbocycles. The highest BCUT2D eigenvalue weighted by Crippen LogP contribution is 2.09. The van der Waals surface area contributed by atoms with Gasteiger partial charge < -0.3 is 9.47 Å². The molecule has 0 aliphatic rings. The number of carbonyl (C=O) groups is 1. The summed E-state index contributed by atoms with van der Waals surface area (Å²) in [4.78, 5) is 11.8. The molecule has 0 aliphatic heterocycles. The van der Waals surface area contributed by atoms with Crippen molar-refractivity contribution in [3.63, 3.8) is 0 Å². The van der Waals surface area contributed by atoms with Gasteiger partial charge in [0, 0.05) is 7.11 Å². The van der Waals surface area contributed by atoms with Crippen LogP contribution in [0.25, 0.3) is 0 Å². The lowest BCUT2D eigenvalue weighted by molar-refractivity contribution is 0.00252. The first-order valence-corrected chi connectivity index (χ1v) is 6.03. The predicted molar refractivity (Wildman–Crippen MR) is 67.0 cm³/mol. The Bertz CT molecular complexity index is 321. The molecule has 0 fully saturated rings. The molecule has 0 radical (unpaired) electrons. The maximum Gasteiger partial charge on any atom is 0.338 e. The van der Waals surface area contributed by atoms with E-state index in [1.807, 2.05) is 18.2 Å². The van der Waals surface area contributed by atoms with E-state index in [0.717, 1.165) is 19.3 Å². The van der Waals surface area contributed by atoms with Crippen LogP contribution >= 0.6 is 0 Å². The number of ether oxygens (including phenoxy) is 2. The van der Waals surface area contributed by atoms with Gasteiger partial charge in [0.2, 0.25) is 0 Å². The first kappa shape index (κ1) is 13.7. The molecule has 1 aromatic rings. The number of hydrogen-bond acceptors (Lipinski definition) is 3. The van der Waals surface area contributed by atoms with Gasteiger partial charge in [-0.05, 0) is 25.0 Å². The van der Waals surface area contributed by atoms with Gasteiger partial charge in [0.15, 0.2) is 0 Å². The lowest BCUT2D eigenvalue weighted by Crippen LogP contribution is -2.23. The number of esters is 1. The molecular formula is C14H20O3. The van der Waals surface area contributed by atoms with E-state index in [9.17, 15) is 4.79 Å². The highest BCUT2D eigenvalue weighted by Gasteiger charge is 2.15. The van der Waals surface area contributed by atoms with Crippen LogP contribution in [0.4, 0.5) is 0 Å². The van der Waals surface area contributed by atoms with Gasteiger partial charge in [-0.25, -0.2) is 4.79 Å². The lowest BCUT2D eigenvalue weighted by Gasteiger charge is -2.16. The zero-order valence-electron chi connectivity index (χ0n) is 10.5. The van der Waals surface area contributed by atoms with E-state index >= 15 is 0 Å². The highest BCUT2D eigenvalue weighted by atomic mass is 16.6. The van der Waals surface area contributed by atoms with Gasteiger partial charge >= 0.3 is 5.97 Å². The summed E-state index contributed by atoms with van der Waals surface area (Å²) < 4.78 is 10.5. The summed E-state index contributed by atoms with van der Waals surface area (Å²) in [5.74, 6) is -0.274. The molecule has 1 rings (SSSR count). The first-order chi connectivity index (χ1) is 8.27. The molecule has 0 spiro atoms. The third-order valence-corrected chi connectivity index (χ3v) is 2.52. The van der Waals surface area contributed by atoms with E-state index < -0.39 is 0 Å². The first-order valence-electron chi connectivity index (χ1n) is 6.03. The number of methoxy groups -OCH3 is 1. The highest BCUT2D eigenvalue weighted by molar-refractivity contribution is 5.89. The largest absolute Gasteiger partial charge is 0.456 e.